The monoisotopic (exact) mass is 275 g/mol. The van der Waals surface area contributed by atoms with E-state index in [4.69, 9.17) is 0 Å². The van der Waals surface area contributed by atoms with Gasteiger partial charge in [0.2, 0.25) is 0 Å². The van der Waals surface area contributed by atoms with Crippen LogP contribution >= 0.6 is 0 Å². The van der Waals surface area contributed by atoms with Gasteiger partial charge < -0.3 is 14.2 Å². The smallest absolute Gasteiger partial charge is 0.419 e. The van der Waals surface area contributed by atoms with Gasteiger partial charge in [0.25, 0.3) is 0 Å². The number of Topliss-reactive ketones (excluding diaryl/α,β-unsaturated/α-hetero) is 1. The van der Waals surface area contributed by atoms with Crippen molar-refractivity contribution < 1.29 is 33.4 Å². The van der Waals surface area contributed by atoms with E-state index in [-0.39, 0.29) is 0 Å². The van der Waals surface area contributed by atoms with E-state index >= 15 is 0 Å². The van der Waals surface area contributed by atoms with Gasteiger partial charge in [-0.1, -0.05) is 0 Å². The van der Waals surface area contributed by atoms with Crippen molar-refractivity contribution in [3.05, 3.63) is 0 Å². The highest BCUT2D eigenvalue weighted by Crippen LogP contribution is 2.22. The van der Waals surface area contributed by atoms with Crippen molar-refractivity contribution in [1.29, 1.82) is 0 Å². The van der Waals surface area contributed by atoms with Gasteiger partial charge in [0.05, 0.1) is 27.9 Å². The van der Waals surface area contributed by atoms with Crippen molar-refractivity contribution in [2.45, 2.75) is 13.8 Å². The zero-order chi connectivity index (χ0) is 15.2. The summed E-state index contributed by atoms with van der Waals surface area (Å²) in [4.78, 5) is 46.7. The SMILES string of the molecule is COC(=O)N(CC(C)(C(C)=O)C(=O)OC)C(=O)OC. The fraction of sp³-hybridized carbons (Fsp3) is 0.636. The topological polar surface area (TPSA) is 99.2 Å². The largest absolute Gasteiger partial charge is 0.468 e. The predicted octanol–water partition coefficient (Wildman–Crippen LogP) is 0.589. The molecule has 2 amide bonds. The Balaban J connectivity index is 5.39. The first kappa shape index (κ1) is 16.9. The van der Waals surface area contributed by atoms with Gasteiger partial charge in [0, 0.05) is 0 Å². The summed E-state index contributed by atoms with van der Waals surface area (Å²) in [6.07, 6.45) is -2.08. The molecular weight excluding hydrogens is 258 g/mol. The molecule has 0 aromatic rings. The number of carbonyl (C=O) groups excluding carboxylic acids is 4. The molecule has 0 rings (SSSR count). The van der Waals surface area contributed by atoms with Crippen LogP contribution in [-0.4, -0.2) is 56.7 Å². The average molecular weight is 275 g/mol. The predicted molar refractivity (Wildman–Crippen MR) is 62.3 cm³/mol. The molecule has 0 saturated carbocycles. The van der Waals surface area contributed by atoms with Crippen LogP contribution in [-0.2, 0) is 23.8 Å². The third-order valence-corrected chi connectivity index (χ3v) is 2.68. The Bertz CT molecular complexity index is 377. The molecule has 0 aliphatic rings. The van der Waals surface area contributed by atoms with Crippen LogP contribution in [0.25, 0.3) is 0 Å². The lowest BCUT2D eigenvalue weighted by molar-refractivity contribution is -0.156. The first-order valence-electron chi connectivity index (χ1n) is 5.27. The second kappa shape index (κ2) is 6.72. The van der Waals surface area contributed by atoms with Crippen molar-refractivity contribution in [3.63, 3.8) is 0 Å². The summed E-state index contributed by atoms with van der Waals surface area (Å²) in [6.45, 7) is 1.89. The number of nitrogens with zero attached hydrogens (tertiary/aromatic N) is 1. The first-order valence-corrected chi connectivity index (χ1v) is 5.27. The van der Waals surface area contributed by atoms with E-state index in [1.807, 2.05) is 0 Å². The molecule has 0 aromatic carbocycles. The highest BCUT2D eigenvalue weighted by atomic mass is 16.6. The lowest BCUT2D eigenvalue weighted by Gasteiger charge is -2.28. The molecule has 1 unspecified atom stereocenters. The molecular formula is C11H17NO7. The maximum absolute atomic E-state index is 11.7. The zero-order valence-corrected chi connectivity index (χ0v) is 11.5. The van der Waals surface area contributed by atoms with Gasteiger partial charge in [-0.3, -0.25) is 9.59 Å². The minimum Gasteiger partial charge on any atom is -0.468 e. The summed E-state index contributed by atoms with van der Waals surface area (Å²) in [6, 6.07) is 0. The fourth-order valence-electron chi connectivity index (χ4n) is 1.29. The molecule has 0 saturated heterocycles. The van der Waals surface area contributed by atoms with E-state index in [2.05, 4.69) is 14.2 Å². The third-order valence-electron chi connectivity index (χ3n) is 2.68. The fourth-order valence-corrected chi connectivity index (χ4v) is 1.29. The number of imide groups is 1. The summed E-state index contributed by atoms with van der Waals surface area (Å²) >= 11 is 0. The van der Waals surface area contributed by atoms with E-state index in [0.29, 0.717) is 4.90 Å². The first-order chi connectivity index (χ1) is 8.74. The van der Waals surface area contributed by atoms with Crippen LogP contribution in [0.2, 0.25) is 0 Å². The van der Waals surface area contributed by atoms with Gasteiger partial charge in [-0.15, -0.1) is 0 Å². The van der Waals surface area contributed by atoms with Crippen molar-refractivity contribution in [2.24, 2.45) is 5.41 Å². The van der Waals surface area contributed by atoms with E-state index in [9.17, 15) is 19.2 Å². The van der Waals surface area contributed by atoms with Crippen LogP contribution in [0.4, 0.5) is 9.59 Å². The minimum atomic E-state index is -1.68. The lowest BCUT2D eigenvalue weighted by atomic mass is 9.86. The Kier molecular flexibility index (Phi) is 5.97. The maximum Gasteiger partial charge on any atom is 0.419 e. The standard InChI is InChI=1S/C11H17NO7/c1-7(13)11(2,8(14)17-3)6-12(9(15)18-4)10(16)19-5/h6H2,1-5H3. The van der Waals surface area contributed by atoms with E-state index in [1.165, 1.54) is 6.92 Å². The van der Waals surface area contributed by atoms with Crippen LogP contribution in [0.5, 0.6) is 0 Å². The van der Waals surface area contributed by atoms with Crippen molar-refractivity contribution in [1.82, 2.24) is 4.90 Å². The Labute approximate surface area is 110 Å². The van der Waals surface area contributed by atoms with Crippen LogP contribution in [0.1, 0.15) is 13.8 Å². The van der Waals surface area contributed by atoms with Gasteiger partial charge in [-0.2, -0.15) is 0 Å². The molecule has 0 radical (unpaired) electrons. The Morgan fingerprint density at radius 2 is 1.37 bits per heavy atom. The highest BCUT2D eigenvalue weighted by Gasteiger charge is 2.44. The van der Waals surface area contributed by atoms with Gasteiger partial charge >= 0.3 is 18.2 Å². The second-order valence-electron chi connectivity index (χ2n) is 3.91. The quantitative estimate of drug-likeness (QED) is 0.420. The number of amides is 2. The van der Waals surface area contributed by atoms with Crippen molar-refractivity contribution in [3.8, 4) is 0 Å². The molecule has 0 aromatic heterocycles. The number of hydrogen-bond acceptors (Lipinski definition) is 7. The summed E-state index contributed by atoms with van der Waals surface area (Å²) in [5.74, 6) is -1.42. The molecule has 108 valence electrons. The molecule has 0 N–H and O–H groups in total. The number of esters is 1. The number of methoxy groups -OCH3 is 3. The minimum absolute atomic E-state index is 0.512. The Morgan fingerprint density at radius 3 is 1.63 bits per heavy atom. The number of ketones is 1. The molecule has 0 fully saturated rings. The van der Waals surface area contributed by atoms with E-state index in [0.717, 1.165) is 28.3 Å². The summed E-state index contributed by atoms with van der Waals surface area (Å²) in [7, 11) is 3.22. The molecule has 1 atom stereocenters. The maximum atomic E-state index is 11.7. The normalized spacial score (nSPS) is 12.9. The third kappa shape index (κ3) is 3.67. The molecule has 0 heterocycles. The van der Waals surface area contributed by atoms with Crippen LogP contribution in [0.15, 0.2) is 0 Å². The lowest BCUT2D eigenvalue weighted by Crippen LogP contribution is -2.50. The van der Waals surface area contributed by atoms with E-state index < -0.39 is 35.9 Å². The van der Waals surface area contributed by atoms with Crippen LogP contribution in [0, 0.1) is 5.41 Å². The molecule has 0 spiro atoms. The molecule has 0 aliphatic heterocycles. The number of rotatable bonds is 4. The molecule has 0 aliphatic carbocycles. The zero-order valence-electron chi connectivity index (χ0n) is 11.5. The molecule has 8 nitrogen and oxygen atoms in total. The van der Waals surface area contributed by atoms with Gasteiger partial charge in [-0.25, -0.2) is 14.5 Å². The highest BCUT2D eigenvalue weighted by molar-refractivity contribution is 6.03. The molecule has 8 heteroatoms. The summed E-state index contributed by atoms with van der Waals surface area (Å²) in [5, 5.41) is 0. The van der Waals surface area contributed by atoms with E-state index in [1.54, 1.807) is 0 Å². The van der Waals surface area contributed by atoms with Crippen LogP contribution in [0.3, 0.4) is 0 Å². The number of hydrogen-bond donors (Lipinski definition) is 0. The van der Waals surface area contributed by atoms with Gasteiger partial charge in [0.1, 0.15) is 11.2 Å². The Morgan fingerprint density at radius 1 is 0.947 bits per heavy atom. The molecule has 19 heavy (non-hydrogen) atoms. The van der Waals surface area contributed by atoms with Gasteiger partial charge in [-0.05, 0) is 13.8 Å². The summed E-state index contributed by atoms with van der Waals surface area (Å²) < 4.78 is 13.3. The summed E-state index contributed by atoms with van der Waals surface area (Å²) in [5.41, 5.74) is -1.68. The number of carbonyl (C=O) groups is 4. The Hall–Kier alpha value is -2.12. The number of ether oxygens (including phenoxy) is 3. The molecule has 0 bridgehead atoms. The average Bonchev–Trinajstić information content (AvgIpc) is 2.41. The van der Waals surface area contributed by atoms with Crippen molar-refractivity contribution in [2.75, 3.05) is 27.9 Å². The van der Waals surface area contributed by atoms with Crippen LogP contribution < -0.4 is 0 Å². The van der Waals surface area contributed by atoms with Crippen molar-refractivity contribution >= 4 is 23.9 Å². The second-order valence-corrected chi connectivity index (χ2v) is 3.91. The van der Waals surface area contributed by atoms with Gasteiger partial charge in [0.15, 0.2) is 0 Å².